The molecule has 1 N–H and O–H groups in total. The Labute approximate surface area is 77.6 Å². The molecule has 2 aromatic heterocycles. The molecular weight excluding hydrogens is 194 g/mol. The molecule has 2 rings (SSSR count). The highest BCUT2D eigenvalue weighted by Gasteiger charge is 2.08. The zero-order chi connectivity index (χ0) is 9.42. The van der Waals surface area contributed by atoms with Crippen LogP contribution in [0, 0.1) is 0 Å². The van der Waals surface area contributed by atoms with Crippen LogP contribution in [0.3, 0.4) is 0 Å². The Bertz CT molecular complexity index is 480. The van der Waals surface area contributed by atoms with Gasteiger partial charge in [0.05, 0.1) is 10.6 Å². The Hall–Kier alpha value is -1.62. The first kappa shape index (κ1) is 8.00. The summed E-state index contributed by atoms with van der Waals surface area (Å²) in [5, 5.41) is 16.3. The first-order valence-corrected chi connectivity index (χ1v) is 3.78. The Morgan fingerprint density at radius 1 is 1.62 bits per heavy atom. The predicted molar refractivity (Wildman–Crippen MR) is 45.0 cm³/mol. The molecule has 0 bridgehead atoms. The maximum absolute atomic E-state index is 10.6. The van der Waals surface area contributed by atoms with Crippen molar-refractivity contribution in [3.05, 3.63) is 29.2 Å². The lowest BCUT2D eigenvalue weighted by Gasteiger charge is -1.97. The number of hydrogen-bond donors (Lipinski definition) is 1. The van der Waals surface area contributed by atoms with Crippen LogP contribution in [0.2, 0.25) is 5.02 Å². The number of rotatable bonds is 1. The zero-order valence-electron chi connectivity index (χ0n) is 6.31. The molecule has 0 fully saturated rings. The van der Waals surface area contributed by atoms with Crippen LogP contribution in [0.5, 0.6) is 0 Å². The minimum Gasteiger partial charge on any atom is -0.478 e. The van der Waals surface area contributed by atoms with E-state index in [0.717, 1.165) is 0 Å². The van der Waals surface area contributed by atoms with Gasteiger partial charge in [0, 0.05) is 6.20 Å². The second-order valence-corrected chi connectivity index (χ2v) is 2.85. The van der Waals surface area contributed by atoms with Crippen LogP contribution in [0.4, 0.5) is 0 Å². The quantitative estimate of drug-likeness (QED) is 0.743. The molecule has 2 heterocycles. The van der Waals surface area contributed by atoms with Crippen LogP contribution in [0.25, 0.3) is 5.65 Å². The van der Waals surface area contributed by atoms with Crippen molar-refractivity contribution in [2.75, 3.05) is 0 Å². The van der Waals surface area contributed by atoms with Crippen molar-refractivity contribution in [3.8, 4) is 0 Å². The average molecular weight is 198 g/mol. The maximum atomic E-state index is 10.6. The molecule has 0 amide bonds. The van der Waals surface area contributed by atoms with E-state index in [4.69, 9.17) is 16.7 Å². The lowest BCUT2D eigenvalue weighted by molar-refractivity contribution is 0.0696. The molecule has 0 aliphatic carbocycles. The standard InChI is InChI=1S/C7H4ClN3O2/c8-5-1-4(7(12)13)2-11-3-9-10-6(5)11/h1-3H,(H,12,13). The van der Waals surface area contributed by atoms with E-state index >= 15 is 0 Å². The van der Waals surface area contributed by atoms with E-state index in [0.29, 0.717) is 5.65 Å². The topological polar surface area (TPSA) is 67.5 Å². The van der Waals surface area contributed by atoms with Gasteiger partial charge in [-0.25, -0.2) is 4.79 Å². The van der Waals surface area contributed by atoms with Crippen molar-refractivity contribution in [1.82, 2.24) is 14.6 Å². The number of carbonyl (C=O) groups is 1. The fourth-order valence-corrected chi connectivity index (χ4v) is 1.27. The molecule has 0 saturated carbocycles. The van der Waals surface area contributed by atoms with Gasteiger partial charge in [0.2, 0.25) is 0 Å². The normalized spacial score (nSPS) is 10.5. The van der Waals surface area contributed by atoms with Gasteiger partial charge in [-0.3, -0.25) is 4.40 Å². The number of halogens is 1. The average Bonchev–Trinajstić information content (AvgIpc) is 2.51. The van der Waals surface area contributed by atoms with Gasteiger partial charge in [-0.2, -0.15) is 0 Å². The van der Waals surface area contributed by atoms with Gasteiger partial charge in [-0.15, -0.1) is 10.2 Å². The van der Waals surface area contributed by atoms with Crippen LogP contribution in [0.1, 0.15) is 10.4 Å². The van der Waals surface area contributed by atoms with Crippen LogP contribution in [-0.2, 0) is 0 Å². The molecule has 0 spiro atoms. The number of hydrogen-bond acceptors (Lipinski definition) is 3. The summed E-state index contributed by atoms with van der Waals surface area (Å²) in [4.78, 5) is 10.6. The third-order valence-electron chi connectivity index (χ3n) is 1.59. The predicted octanol–water partition coefficient (Wildman–Crippen LogP) is 1.08. The second kappa shape index (κ2) is 2.70. The van der Waals surface area contributed by atoms with Gasteiger partial charge in [-0.05, 0) is 6.07 Å². The fourth-order valence-electron chi connectivity index (χ4n) is 1.01. The number of aromatic nitrogens is 3. The molecule has 13 heavy (non-hydrogen) atoms. The fraction of sp³-hybridized carbons (Fsp3) is 0. The summed E-state index contributed by atoms with van der Waals surface area (Å²) in [5.74, 6) is -1.03. The maximum Gasteiger partial charge on any atom is 0.337 e. The second-order valence-electron chi connectivity index (χ2n) is 2.44. The Kier molecular flexibility index (Phi) is 1.66. The van der Waals surface area contributed by atoms with E-state index < -0.39 is 5.97 Å². The number of carboxylic acids is 1. The number of nitrogens with zero attached hydrogens (tertiary/aromatic N) is 3. The van der Waals surface area contributed by atoms with Gasteiger partial charge >= 0.3 is 5.97 Å². The van der Waals surface area contributed by atoms with E-state index in [1.807, 2.05) is 0 Å². The number of pyridine rings is 1. The zero-order valence-corrected chi connectivity index (χ0v) is 7.06. The molecule has 0 aromatic carbocycles. The number of fused-ring (bicyclic) bond motifs is 1. The first-order chi connectivity index (χ1) is 6.18. The third kappa shape index (κ3) is 1.23. The van der Waals surface area contributed by atoms with Crippen molar-refractivity contribution in [2.45, 2.75) is 0 Å². The molecule has 0 aliphatic rings. The van der Waals surface area contributed by atoms with Crippen molar-refractivity contribution < 1.29 is 9.90 Å². The first-order valence-electron chi connectivity index (χ1n) is 3.40. The Morgan fingerprint density at radius 3 is 3.08 bits per heavy atom. The SMILES string of the molecule is O=C(O)c1cc(Cl)c2nncn2c1. The minimum atomic E-state index is -1.03. The van der Waals surface area contributed by atoms with Crippen LogP contribution >= 0.6 is 11.6 Å². The number of carboxylic acid groups (broad SMARTS) is 1. The van der Waals surface area contributed by atoms with E-state index in [1.54, 1.807) is 0 Å². The van der Waals surface area contributed by atoms with Gasteiger partial charge in [-0.1, -0.05) is 11.6 Å². The molecule has 0 atom stereocenters. The third-order valence-corrected chi connectivity index (χ3v) is 1.87. The lowest BCUT2D eigenvalue weighted by atomic mass is 10.3. The van der Waals surface area contributed by atoms with Crippen LogP contribution < -0.4 is 0 Å². The molecule has 66 valence electrons. The minimum absolute atomic E-state index is 0.109. The molecule has 5 nitrogen and oxygen atoms in total. The highest BCUT2D eigenvalue weighted by Crippen LogP contribution is 2.16. The van der Waals surface area contributed by atoms with E-state index in [2.05, 4.69) is 10.2 Å². The van der Waals surface area contributed by atoms with Crippen molar-refractivity contribution in [1.29, 1.82) is 0 Å². The Balaban J connectivity index is 2.77. The Morgan fingerprint density at radius 2 is 2.38 bits per heavy atom. The summed E-state index contributed by atoms with van der Waals surface area (Å²) in [6.45, 7) is 0. The smallest absolute Gasteiger partial charge is 0.337 e. The summed E-state index contributed by atoms with van der Waals surface area (Å²) >= 11 is 5.76. The van der Waals surface area contributed by atoms with Gasteiger partial charge in [0.1, 0.15) is 6.33 Å². The number of aromatic carboxylic acids is 1. The molecule has 2 aromatic rings. The van der Waals surface area contributed by atoms with E-state index in [-0.39, 0.29) is 10.6 Å². The molecule has 6 heteroatoms. The van der Waals surface area contributed by atoms with Crippen LogP contribution in [0.15, 0.2) is 18.6 Å². The summed E-state index contributed by atoms with van der Waals surface area (Å²) in [7, 11) is 0. The van der Waals surface area contributed by atoms with Gasteiger partial charge < -0.3 is 5.11 Å². The van der Waals surface area contributed by atoms with Crippen molar-refractivity contribution in [2.24, 2.45) is 0 Å². The highest BCUT2D eigenvalue weighted by atomic mass is 35.5. The summed E-state index contributed by atoms with van der Waals surface area (Å²) in [6, 6.07) is 1.34. The van der Waals surface area contributed by atoms with Crippen molar-refractivity contribution >= 4 is 23.2 Å². The monoisotopic (exact) mass is 197 g/mol. The van der Waals surface area contributed by atoms with Gasteiger partial charge in [0.15, 0.2) is 5.65 Å². The molecule has 0 aliphatic heterocycles. The summed E-state index contributed by atoms with van der Waals surface area (Å²) in [6.07, 6.45) is 2.80. The van der Waals surface area contributed by atoms with Gasteiger partial charge in [0.25, 0.3) is 0 Å². The van der Waals surface area contributed by atoms with Crippen molar-refractivity contribution in [3.63, 3.8) is 0 Å². The highest BCUT2D eigenvalue weighted by molar-refractivity contribution is 6.33. The summed E-state index contributed by atoms with van der Waals surface area (Å²) in [5.41, 5.74) is 0.559. The summed E-state index contributed by atoms with van der Waals surface area (Å²) < 4.78 is 1.46. The molecule has 0 radical (unpaired) electrons. The largest absolute Gasteiger partial charge is 0.478 e. The molecule has 0 saturated heterocycles. The van der Waals surface area contributed by atoms with E-state index in [1.165, 1.54) is 23.0 Å². The molecular formula is C7H4ClN3O2. The lowest BCUT2D eigenvalue weighted by Crippen LogP contribution is -1.98. The van der Waals surface area contributed by atoms with E-state index in [9.17, 15) is 4.79 Å². The molecule has 0 unspecified atom stereocenters. The van der Waals surface area contributed by atoms with Crippen LogP contribution in [-0.4, -0.2) is 25.7 Å².